The van der Waals surface area contributed by atoms with E-state index in [0.29, 0.717) is 17.9 Å². The monoisotopic (exact) mass is 347 g/mol. The first kappa shape index (κ1) is 19.3. The normalized spacial score (nSPS) is 16.1. The summed E-state index contributed by atoms with van der Waals surface area (Å²) >= 11 is 0. The van der Waals surface area contributed by atoms with Crippen LogP contribution in [0.25, 0.3) is 0 Å². The van der Waals surface area contributed by atoms with E-state index < -0.39 is 6.10 Å². The third-order valence-corrected chi connectivity index (χ3v) is 4.44. The highest BCUT2D eigenvalue weighted by Gasteiger charge is 2.18. The molecular formula is C20H29NO4. The molecule has 0 heterocycles. The average Bonchev–Trinajstić information content (AvgIpc) is 2.63. The molecule has 0 aliphatic heterocycles. The molecule has 0 spiro atoms. The molecule has 1 fully saturated rings. The molecule has 0 radical (unpaired) electrons. The molecular weight excluding hydrogens is 318 g/mol. The van der Waals surface area contributed by atoms with Gasteiger partial charge in [0.25, 0.3) is 5.91 Å². The molecule has 0 saturated heterocycles. The first-order chi connectivity index (χ1) is 12.1. The second-order valence-electron chi connectivity index (χ2n) is 6.61. The van der Waals surface area contributed by atoms with Crippen molar-refractivity contribution in [2.45, 2.75) is 70.9 Å². The van der Waals surface area contributed by atoms with Crippen LogP contribution in [0.3, 0.4) is 0 Å². The number of hydrogen-bond acceptors (Lipinski definition) is 4. The van der Waals surface area contributed by atoms with E-state index in [4.69, 9.17) is 9.47 Å². The molecule has 1 saturated carbocycles. The number of unbranched alkanes of at least 4 members (excludes halogenated alkanes) is 1. The molecule has 1 atom stereocenters. The number of hydrogen-bond donors (Lipinski definition) is 1. The third-order valence-electron chi connectivity index (χ3n) is 4.44. The Morgan fingerprint density at radius 2 is 1.84 bits per heavy atom. The maximum Gasteiger partial charge on any atom is 0.347 e. The van der Waals surface area contributed by atoms with Crippen molar-refractivity contribution in [1.82, 2.24) is 5.32 Å². The smallest absolute Gasteiger partial charge is 0.347 e. The van der Waals surface area contributed by atoms with Crippen LogP contribution >= 0.6 is 0 Å². The Balaban J connectivity index is 1.82. The van der Waals surface area contributed by atoms with E-state index in [2.05, 4.69) is 5.32 Å². The molecule has 0 aromatic heterocycles. The van der Waals surface area contributed by atoms with Gasteiger partial charge >= 0.3 is 5.97 Å². The summed E-state index contributed by atoms with van der Waals surface area (Å²) in [5.74, 6) is 0.132. The molecule has 5 nitrogen and oxygen atoms in total. The van der Waals surface area contributed by atoms with Gasteiger partial charge in [0, 0.05) is 11.6 Å². The van der Waals surface area contributed by atoms with Gasteiger partial charge in [0.15, 0.2) is 6.10 Å². The fourth-order valence-corrected chi connectivity index (χ4v) is 2.89. The molecule has 1 aliphatic rings. The second kappa shape index (κ2) is 10.1. The Kier molecular flexibility index (Phi) is 7.76. The summed E-state index contributed by atoms with van der Waals surface area (Å²) in [6, 6.07) is 7.16. The molecule has 1 aromatic rings. The van der Waals surface area contributed by atoms with Crippen LogP contribution in [0.1, 0.15) is 69.2 Å². The number of nitrogens with one attached hydrogen (secondary N) is 1. The van der Waals surface area contributed by atoms with Crippen LogP contribution in [0.5, 0.6) is 5.75 Å². The summed E-state index contributed by atoms with van der Waals surface area (Å²) < 4.78 is 10.7. The van der Waals surface area contributed by atoms with E-state index in [0.717, 1.165) is 25.7 Å². The van der Waals surface area contributed by atoms with Gasteiger partial charge < -0.3 is 14.8 Å². The van der Waals surface area contributed by atoms with Crippen molar-refractivity contribution in [3.05, 3.63) is 29.8 Å². The van der Waals surface area contributed by atoms with Gasteiger partial charge in [-0.2, -0.15) is 0 Å². The molecule has 5 heteroatoms. The third kappa shape index (κ3) is 6.40. The van der Waals surface area contributed by atoms with Gasteiger partial charge in [0.1, 0.15) is 5.75 Å². The number of benzene rings is 1. The predicted molar refractivity (Wildman–Crippen MR) is 96.7 cm³/mol. The summed E-state index contributed by atoms with van der Waals surface area (Å²) in [6.45, 7) is 4.13. The van der Waals surface area contributed by atoms with Crippen molar-refractivity contribution in [2.75, 3.05) is 6.61 Å². The SMILES string of the molecule is CCCCOC(=O)[C@H](C)Oc1ccc(C(=O)NC2CCCCC2)cc1. The zero-order valence-corrected chi connectivity index (χ0v) is 15.3. The van der Waals surface area contributed by atoms with E-state index in [1.807, 2.05) is 6.92 Å². The topological polar surface area (TPSA) is 64.6 Å². The Hall–Kier alpha value is -2.04. The molecule has 2 rings (SSSR count). The molecule has 138 valence electrons. The van der Waals surface area contributed by atoms with Crippen molar-refractivity contribution < 1.29 is 19.1 Å². The summed E-state index contributed by atoms with van der Waals surface area (Å²) in [5.41, 5.74) is 0.607. The molecule has 0 unspecified atom stereocenters. The summed E-state index contributed by atoms with van der Waals surface area (Å²) in [4.78, 5) is 24.1. The van der Waals surface area contributed by atoms with Gasteiger partial charge in [0.2, 0.25) is 0 Å². The van der Waals surface area contributed by atoms with Crippen molar-refractivity contribution >= 4 is 11.9 Å². The summed E-state index contributed by atoms with van der Waals surface area (Å²) in [6.07, 6.45) is 6.91. The summed E-state index contributed by atoms with van der Waals surface area (Å²) in [7, 11) is 0. The number of rotatable bonds is 8. The van der Waals surface area contributed by atoms with Crippen molar-refractivity contribution in [2.24, 2.45) is 0 Å². The van der Waals surface area contributed by atoms with Crippen LogP contribution in [0.2, 0.25) is 0 Å². The first-order valence-electron chi connectivity index (χ1n) is 9.34. The second-order valence-corrected chi connectivity index (χ2v) is 6.61. The lowest BCUT2D eigenvalue weighted by Crippen LogP contribution is -2.36. The number of ether oxygens (including phenoxy) is 2. The Morgan fingerprint density at radius 3 is 2.48 bits per heavy atom. The van der Waals surface area contributed by atoms with Crippen molar-refractivity contribution in [1.29, 1.82) is 0 Å². The van der Waals surface area contributed by atoms with Crippen molar-refractivity contribution in [3.63, 3.8) is 0 Å². The minimum atomic E-state index is -0.668. The molecule has 1 aliphatic carbocycles. The fourth-order valence-electron chi connectivity index (χ4n) is 2.89. The van der Waals surface area contributed by atoms with Gasteiger partial charge in [-0.25, -0.2) is 4.79 Å². The lowest BCUT2D eigenvalue weighted by Gasteiger charge is -2.22. The summed E-state index contributed by atoms with van der Waals surface area (Å²) in [5, 5.41) is 3.09. The maximum absolute atomic E-state index is 12.3. The van der Waals surface area contributed by atoms with Crippen LogP contribution in [-0.2, 0) is 9.53 Å². The number of amides is 1. The first-order valence-corrected chi connectivity index (χ1v) is 9.34. The molecule has 1 N–H and O–H groups in total. The van der Waals surface area contributed by atoms with Gasteiger partial charge in [0.05, 0.1) is 6.61 Å². The standard InChI is InChI=1S/C20H29NO4/c1-3-4-14-24-20(23)15(2)25-18-12-10-16(11-13-18)19(22)21-17-8-6-5-7-9-17/h10-13,15,17H,3-9,14H2,1-2H3,(H,21,22)/t15-/m0/s1. The van der Waals surface area contributed by atoms with Gasteiger partial charge in [-0.05, 0) is 50.5 Å². The number of carbonyl (C=O) groups is 2. The highest BCUT2D eigenvalue weighted by Crippen LogP contribution is 2.19. The zero-order chi connectivity index (χ0) is 18.1. The van der Waals surface area contributed by atoms with Crippen LogP contribution in [0, 0.1) is 0 Å². The minimum absolute atomic E-state index is 0.0505. The molecule has 1 aromatic carbocycles. The molecule has 1 amide bonds. The quantitative estimate of drug-likeness (QED) is 0.573. The van der Waals surface area contributed by atoms with Crippen LogP contribution < -0.4 is 10.1 Å². The Bertz CT molecular complexity index is 549. The Morgan fingerprint density at radius 1 is 1.16 bits per heavy atom. The Labute approximate surface area is 150 Å². The van der Waals surface area contributed by atoms with E-state index in [-0.39, 0.29) is 17.9 Å². The fraction of sp³-hybridized carbons (Fsp3) is 0.600. The van der Waals surface area contributed by atoms with E-state index in [1.54, 1.807) is 31.2 Å². The highest BCUT2D eigenvalue weighted by atomic mass is 16.6. The largest absolute Gasteiger partial charge is 0.479 e. The minimum Gasteiger partial charge on any atom is -0.479 e. The lowest BCUT2D eigenvalue weighted by atomic mass is 9.95. The van der Waals surface area contributed by atoms with E-state index in [1.165, 1.54) is 19.3 Å². The maximum atomic E-state index is 12.3. The number of carbonyl (C=O) groups excluding carboxylic acids is 2. The average molecular weight is 347 g/mol. The molecule has 25 heavy (non-hydrogen) atoms. The van der Waals surface area contributed by atoms with Crippen LogP contribution in [0.15, 0.2) is 24.3 Å². The van der Waals surface area contributed by atoms with Gasteiger partial charge in [-0.3, -0.25) is 4.79 Å². The van der Waals surface area contributed by atoms with Gasteiger partial charge in [-0.15, -0.1) is 0 Å². The van der Waals surface area contributed by atoms with Crippen LogP contribution in [-0.4, -0.2) is 30.6 Å². The van der Waals surface area contributed by atoms with E-state index in [9.17, 15) is 9.59 Å². The highest BCUT2D eigenvalue weighted by molar-refractivity contribution is 5.94. The predicted octanol–water partition coefficient (Wildman–Crippen LogP) is 3.86. The zero-order valence-electron chi connectivity index (χ0n) is 15.3. The van der Waals surface area contributed by atoms with E-state index >= 15 is 0 Å². The number of esters is 1. The molecule has 0 bridgehead atoms. The van der Waals surface area contributed by atoms with Gasteiger partial charge in [-0.1, -0.05) is 32.6 Å². The van der Waals surface area contributed by atoms with Crippen molar-refractivity contribution in [3.8, 4) is 5.75 Å². The lowest BCUT2D eigenvalue weighted by molar-refractivity contribution is -0.151. The van der Waals surface area contributed by atoms with Crippen LogP contribution in [0.4, 0.5) is 0 Å².